The van der Waals surface area contributed by atoms with Gasteiger partial charge in [0, 0.05) is 98.8 Å². The number of hydrogen-bond acceptors (Lipinski definition) is 20. The molecule has 0 amide bonds. The maximum Gasteiger partial charge on any atom is 0.159 e. The lowest BCUT2D eigenvalue weighted by atomic mass is 10.0. The van der Waals surface area contributed by atoms with Crippen molar-refractivity contribution in [3.8, 4) is 34.1 Å². The highest BCUT2D eigenvalue weighted by Gasteiger charge is 2.12. The maximum absolute atomic E-state index is 11.2. The fourth-order valence-corrected chi connectivity index (χ4v) is 12.3. The molecule has 0 aliphatic carbocycles. The molecule has 0 aliphatic rings. The van der Waals surface area contributed by atoms with Gasteiger partial charge in [-0.25, -0.2) is 0 Å². The minimum absolute atomic E-state index is 0.0156. The highest BCUT2D eigenvalue weighted by molar-refractivity contribution is 7.99. The molecule has 0 unspecified atom stereocenters. The zero-order chi connectivity index (χ0) is 95.8. The van der Waals surface area contributed by atoms with Gasteiger partial charge < -0.3 is 14.2 Å². The monoisotopic (exact) mass is 1760 g/mol. The van der Waals surface area contributed by atoms with Crippen molar-refractivity contribution in [3.05, 3.63) is 392 Å². The number of benzene rings is 13. The highest BCUT2D eigenvalue weighted by Crippen LogP contribution is 2.30. The minimum atomic E-state index is -0.0156. The van der Waals surface area contributed by atoms with Crippen LogP contribution in [0, 0.1) is 0 Å². The van der Waals surface area contributed by atoms with Gasteiger partial charge in [0.05, 0.1) is 0 Å². The second-order valence-electron chi connectivity index (χ2n) is 29.6. The predicted octanol–water partition coefficient (Wildman–Crippen LogP) is 25.0. The molecule has 13 rings (SSSR count). The van der Waals surface area contributed by atoms with Crippen LogP contribution in [0.3, 0.4) is 0 Å². The van der Waals surface area contributed by atoms with Gasteiger partial charge in [0.25, 0.3) is 0 Å². The fourth-order valence-electron chi connectivity index (χ4n) is 11.5. The van der Waals surface area contributed by atoms with Gasteiger partial charge in [-0.05, 0) is 272 Å². The summed E-state index contributed by atoms with van der Waals surface area (Å²) < 4.78 is 16.7. The summed E-state index contributed by atoms with van der Waals surface area (Å²) in [7, 11) is 0. The van der Waals surface area contributed by atoms with Crippen molar-refractivity contribution in [2.75, 3.05) is 13.2 Å². The van der Waals surface area contributed by atoms with Crippen LogP contribution in [0.1, 0.15) is 277 Å². The van der Waals surface area contributed by atoms with E-state index in [-0.39, 0.29) is 92.5 Å². The van der Waals surface area contributed by atoms with Crippen molar-refractivity contribution < 1.29 is 90.9 Å². The van der Waals surface area contributed by atoms with Crippen molar-refractivity contribution in [1.82, 2.24) is 0 Å². The SMILES string of the molecule is CC(=O)c1ccc(-c2ccc(C(C)=O)cc2)cc1.CC(=O)c1ccc(C(C)=O)cc1.CC(=O)c1ccc(C(C)=O)cc1.CC(=O)c1ccc(OCCOc2ccc(C(C)=O)cc2)cc1.CC(=O)c1ccc(Oc2ccc(C(C)=O)cc2)cc1.CC(=O)c1ccc(Sc2ccc(C(C)=O)cc2)cc1.CC(=O)c1ccc2cc(C(C)=O)ccc2c1.CC(=O)c1cccc(C(C)=O)c1. The first-order valence-corrected chi connectivity index (χ1v) is 41.9. The van der Waals surface area contributed by atoms with Crippen LogP contribution >= 0.6 is 11.8 Å². The van der Waals surface area contributed by atoms with Gasteiger partial charge in [0.2, 0.25) is 0 Å². The average molecular weight is 1760 g/mol. The van der Waals surface area contributed by atoms with E-state index in [1.807, 2.05) is 121 Å². The molecule has 0 fully saturated rings. The Kier molecular flexibility index (Phi) is 41.3. The molecule has 13 aromatic carbocycles. The molecule has 0 saturated carbocycles. The summed E-state index contributed by atoms with van der Waals surface area (Å²) >= 11 is 1.61. The molecule has 0 heterocycles. The Hall–Kier alpha value is -15.4. The third-order valence-electron chi connectivity index (χ3n) is 19.3. The van der Waals surface area contributed by atoms with Gasteiger partial charge in [-0.15, -0.1) is 0 Å². The normalized spacial score (nSPS) is 9.97. The molecule has 0 saturated heterocycles. The molecule has 19 nitrogen and oxygen atoms in total. The number of ketones is 16. The molecular formula is C110H102O19S. The Morgan fingerprint density at radius 1 is 0.177 bits per heavy atom. The predicted molar refractivity (Wildman–Crippen MR) is 509 cm³/mol. The molecule has 13 aromatic rings. The number of rotatable bonds is 26. The number of hydrogen-bond donors (Lipinski definition) is 0. The lowest BCUT2D eigenvalue weighted by Crippen LogP contribution is -2.09. The molecule has 20 heteroatoms. The van der Waals surface area contributed by atoms with Gasteiger partial charge in [-0.3, -0.25) is 76.7 Å². The maximum atomic E-state index is 11.2. The van der Waals surface area contributed by atoms with E-state index < -0.39 is 0 Å². The standard InChI is InChI=1S/C18H18O4.C16H14O3.C16H14O2S.C16H14O2.C14H12O2.3C10H10O2/c1-13(19)15-3-7-17(8-4-15)21-11-12-22-18-9-5-16(6-10-18)14(2)20;2*1-11(17)13-3-7-15(8-4-13)19-16-9-5-14(6-10-16)12(2)18;1-11(17)13-3-7-15(8-4-13)16-9-5-14(6-10-16)12(2)18;1-9(15)11-3-5-14-8-12(10(2)16)4-6-13(14)7-11;2*1-7(11)9-3-5-10(6-4-9)8(2)12;1-7(11)9-4-3-5-10(6-9)8(2)12/h3-10H,11-12H2,1-2H3;2*3-10H,1-2H3;3-10H,1-2H3;3-8H,1-2H3;3*3-6H,1-2H3. The summed E-state index contributed by atoms with van der Waals surface area (Å²) in [6.45, 7) is 25.2. The summed E-state index contributed by atoms with van der Waals surface area (Å²) in [6, 6.07) is 88.9. The van der Waals surface area contributed by atoms with Gasteiger partial charge in [-0.1, -0.05) is 176 Å². The lowest BCUT2D eigenvalue weighted by Gasteiger charge is -2.09. The first kappa shape index (κ1) is 103. The molecule has 662 valence electrons. The molecule has 0 aliphatic heterocycles. The second kappa shape index (κ2) is 51.9. The minimum Gasteiger partial charge on any atom is -0.490 e. The quantitative estimate of drug-likeness (QED) is 0.0359. The van der Waals surface area contributed by atoms with Crippen LogP contribution in [0.4, 0.5) is 0 Å². The molecule has 0 bridgehead atoms. The van der Waals surface area contributed by atoms with Crippen molar-refractivity contribution in [2.45, 2.75) is 121 Å². The van der Waals surface area contributed by atoms with Crippen LogP contribution in [0.2, 0.25) is 0 Å². The average Bonchev–Trinajstić information content (AvgIpc) is 0.814. The molecule has 0 aromatic heterocycles. The van der Waals surface area contributed by atoms with Crippen LogP contribution in [-0.2, 0) is 0 Å². The van der Waals surface area contributed by atoms with E-state index in [0.29, 0.717) is 114 Å². The van der Waals surface area contributed by atoms with Crippen molar-refractivity contribution in [2.24, 2.45) is 0 Å². The Morgan fingerprint density at radius 3 is 0.538 bits per heavy atom. The summed E-state index contributed by atoms with van der Waals surface area (Å²) in [5.74, 6) is 3.23. The Morgan fingerprint density at radius 2 is 0.338 bits per heavy atom. The van der Waals surface area contributed by atoms with E-state index in [2.05, 4.69) is 0 Å². The topological polar surface area (TPSA) is 301 Å². The lowest BCUT2D eigenvalue weighted by molar-refractivity contribution is 0.0999. The Labute approximate surface area is 761 Å². The van der Waals surface area contributed by atoms with Crippen LogP contribution < -0.4 is 14.2 Å². The first-order valence-electron chi connectivity index (χ1n) is 41.1. The summed E-state index contributed by atoms with van der Waals surface area (Å²) in [4.78, 5) is 179. The van der Waals surface area contributed by atoms with Crippen molar-refractivity contribution >= 4 is 115 Å². The van der Waals surface area contributed by atoms with Crippen LogP contribution in [0.5, 0.6) is 23.0 Å². The zero-order valence-electron chi connectivity index (χ0n) is 75.4. The Bertz CT molecular complexity index is 5650. The number of ether oxygens (including phenoxy) is 3. The fraction of sp³-hybridized carbons (Fsp3) is 0.164. The molecule has 0 radical (unpaired) electrons. The second-order valence-corrected chi connectivity index (χ2v) is 30.8. The van der Waals surface area contributed by atoms with Gasteiger partial charge in [0.1, 0.15) is 36.2 Å². The van der Waals surface area contributed by atoms with E-state index >= 15 is 0 Å². The van der Waals surface area contributed by atoms with E-state index in [0.717, 1.165) is 42.8 Å². The first-order chi connectivity index (χ1) is 61.7. The van der Waals surface area contributed by atoms with Gasteiger partial charge in [0.15, 0.2) is 92.5 Å². The molecule has 0 atom stereocenters. The van der Waals surface area contributed by atoms with E-state index in [4.69, 9.17) is 14.2 Å². The summed E-state index contributed by atoms with van der Waals surface area (Å²) in [5, 5.41) is 1.97. The summed E-state index contributed by atoms with van der Waals surface area (Å²) in [6.07, 6.45) is 0. The molecule has 130 heavy (non-hydrogen) atoms. The zero-order valence-corrected chi connectivity index (χ0v) is 76.3. The van der Waals surface area contributed by atoms with Crippen molar-refractivity contribution in [3.63, 3.8) is 0 Å². The Balaban J connectivity index is 0.000000231. The third-order valence-corrected chi connectivity index (χ3v) is 20.3. The van der Waals surface area contributed by atoms with Crippen LogP contribution in [-0.4, -0.2) is 106 Å². The van der Waals surface area contributed by atoms with E-state index in [9.17, 15) is 76.7 Å². The summed E-state index contributed by atoms with van der Waals surface area (Å²) in [5.41, 5.74) is 12.7. The molecular weight excluding hydrogens is 1660 g/mol. The van der Waals surface area contributed by atoms with E-state index in [1.54, 1.807) is 235 Å². The largest absolute Gasteiger partial charge is 0.490 e. The number of Topliss-reactive ketones (excluding diaryl/α,β-unsaturated/α-hetero) is 16. The molecule has 0 spiro atoms. The number of carbonyl (C=O) groups excluding carboxylic acids is 16. The van der Waals surface area contributed by atoms with Crippen molar-refractivity contribution in [1.29, 1.82) is 0 Å². The smallest absolute Gasteiger partial charge is 0.159 e. The van der Waals surface area contributed by atoms with Gasteiger partial charge >= 0.3 is 0 Å². The third kappa shape index (κ3) is 35.2. The molecule has 0 N–H and O–H groups in total. The van der Waals surface area contributed by atoms with Crippen LogP contribution in [0.25, 0.3) is 21.9 Å². The van der Waals surface area contributed by atoms with E-state index in [1.165, 1.54) is 69.2 Å². The van der Waals surface area contributed by atoms with Gasteiger partial charge in [-0.2, -0.15) is 0 Å². The van der Waals surface area contributed by atoms with Crippen LogP contribution in [0.15, 0.2) is 313 Å². The number of carbonyl (C=O) groups is 16. The highest BCUT2D eigenvalue weighted by atomic mass is 32.2. The number of fused-ring (bicyclic) bond motifs is 1.